The number of likely N-dealkylation sites (tertiary alicyclic amines) is 1. The zero-order valence-corrected chi connectivity index (χ0v) is 12.9. The Morgan fingerprint density at radius 2 is 2.25 bits per heavy atom. The molecule has 1 unspecified atom stereocenters. The van der Waals surface area contributed by atoms with Crippen LogP contribution in [0.2, 0.25) is 5.02 Å². The van der Waals surface area contributed by atoms with Crippen LogP contribution >= 0.6 is 11.6 Å². The normalized spacial score (nSPS) is 23.1. The SMILES string of the molecule is CCCC1(C(=O)O)CCN(Cc2ccc(C)cc2Cl)C1. The summed E-state index contributed by atoms with van der Waals surface area (Å²) in [5, 5.41) is 10.3. The van der Waals surface area contributed by atoms with Gasteiger partial charge in [-0.2, -0.15) is 0 Å². The van der Waals surface area contributed by atoms with Gasteiger partial charge in [-0.1, -0.05) is 37.1 Å². The van der Waals surface area contributed by atoms with Crippen LogP contribution in [0.3, 0.4) is 0 Å². The maximum atomic E-state index is 11.6. The number of nitrogens with zero attached hydrogens (tertiary/aromatic N) is 1. The Morgan fingerprint density at radius 3 is 2.85 bits per heavy atom. The van der Waals surface area contributed by atoms with Crippen LogP contribution in [0.1, 0.15) is 37.3 Å². The van der Waals surface area contributed by atoms with Gasteiger partial charge in [-0.3, -0.25) is 9.69 Å². The molecule has 3 nitrogen and oxygen atoms in total. The third-order valence-electron chi connectivity index (χ3n) is 4.22. The van der Waals surface area contributed by atoms with Gasteiger partial charge in [0.15, 0.2) is 0 Å². The summed E-state index contributed by atoms with van der Waals surface area (Å²) in [6.45, 7) is 6.25. The van der Waals surface area contributed by atoms with Crippen molar-refractivity contribution < 1.29 is 9.90 Å². The van der Waals surface area contributed by atoms with Crippen LogP contribution in [0.4, 0.5) is 0 Å². The summed E-state index contributed by atoms with van der Waals surface area (Å²) in [5.74, 6) is -0.656. The maximum Gasteiger partial charge on any atom is 0.310 e. The zero-order chi connectivity index (χ0) is 14.8. The summed E-state index contributed by atoms with van der Waals surface area (Å²) < 4.78 is 0. The van der Waals surface area contributed by atoms with E-state index < -0.39 is 11.4 Å². The van der Waals surface area contributed by atoms with E-state index in [0.717, 1.165) is 48.5 Å². The predicted octanol–water partition coefficient (Wildman–Crippen LogP) is 3.73. The Morgan fingerprint density at radius 1 is 1.50 bits per heavy atom. The molecule has 0 aromatic heterocycles. The van der Waals surface area contributed by atoms with Crippen molar-refractivity contribution in [1.82, 2.24) is 4.90 Å². The predicted molar refractivity (Wildman–Crippen MR) is 81.1 cm³/mol. The zero-order valence-electron chi connectivity index (χ0n) is 12.2. The molecule has 2 rings (SSSR count). The van der Waals surface area contributed by atoms with E-state index in [1.54, 1.807) is 0 Å². The van der Waals surface area contributed by atoms with Crippen molar-refractivity contribution in [2.75, 3.05) is 13.1 Å². The van der Waals surface area contributed by atoms with Crippen molar-refractivity contribution in [1.29, 1.82) is 0 Å². The Bertz CT molecular complexity index is 503. The highest BCUT2D eigenvalue weighted by Gasteiger charge is 2.43. The molecule has 1 aromatic rings. The fraction of sp³-hybridized carbons (Fsp3) is 0.562. The van der Waals surface area contributed by atoms with Crippen molar-refractivity contribution in [3.63, 3.8) is 0 Å². The number of hydrogen-bond donors (Lipinski definition) is 1. The lowest BCUT2D eigenvalue weighted by Gasteiger charge is -2.24. The first kappa shape index (κ1) is 15.3. The Balaban J connectivity index is 2.07. The lowest BCUT2D eigenvalue weighted by atomic mass is 9.83. The first-order valence-corrected chi connectivity index (χ1v) is 7.55. The Labute approximate surface area is 125 Å². The molecule has 1 aliphatic rings. The number of aliphatic carboxylic acids is 1. The van der Waals surface area contributed by atoms with Crippen LogP contribution in [-0.4, -0.2) is 29.1 Å². The van der Waals surface area contributed by atoms with Crippen LogP contribution in [0.25, 0.3) is 0 Å². The number of carboxylic acids is 1. The summed E-state index contributed by atoms with van der Waals surface area (Å²) >= 11 is 6.26. The van der Waals surface area contributed by atoms with Crippen LogP contribution in [0, 0.1) is 12.3 Å². The van der Waals surface area contributed by atoms with Crippen LogP contribution < -0.4 is 0 Å². The van der Waals surface area contributed by atoms with E-state index in [1.807, 2.05) is 32.0 Å². The van der Waals surface area contributed by atoms with Crippen LogP contribution in [0.5, 0.6) is 0 Å². The minimum Gasteiger partial charge on any atom is -0.481 e. The third kappa shape index (κ3) is 3.15. The molecular formula is C16H22ClNO2. The van der Waals surface area contributed by atoms with Gasteiger partial charge in [0.1, 0.15) is 0 Å². The molecule has 0 spiro atoms. The number of rotatable bonds is 5. The van der Waals surface area contributed by atoms with Crippen LogP contribution in [-0.2, 0) is 11.3 Å². The van der Waals surface area contributed by atoms with Gasteiger partial charge in [-0.15, -0.1) is 0 Å². The standard InChI is InChI=1S/C16H22ClNO2/c1-3-6-16(15(19)20)7-8-18(11-16)10-13-5-4-12(2)9-14(13)17/h4-5,9H,3,6-8,10-11H2,1-2H3,(H,19,20). The van der Waals surface area contributed by atoms with E-state index >= 15 is 0 Å². The Kier molecular flexibility index (Phi) is 4.71. The first-order chi connectivity index (χ1) is 9.47. The van der Waals surface area contributed by atoms with Crippen molar-refractivity contribution in [2.24, 2.45) is 5.41 Å². The molecule has 1 saturated heterocycles. The van der Waals surface area contributed by atoms with E-state index in [-0.39, 0.29) is 0 Å². The molecule has 1 aliphatic heterocycles. The van der Waals surface area contributed by atoms with Crippen LogP contribution in [0.15, 0.2) is 18.2 Å². The topological polar surface area (TPSA) is 40.5 Å². The summed E-state index contributed by atoms with van der Waals surface area (Å²) in [5.41, 5.74) is 1.66. The molecule has 0 saturated carbocycles. The van der Waals surface area contributed by atoms with E-state index in [1.165, 1.54) is 0 Å². The van der Waals surface area contributed by atoms with E-state index in [9.17, 15) is 9.90 Å². The number of carboxylic acid groups (broad SMARTS) is 1. The highest BCUT2D eigenvalue weighted by atomic mass is 35.5. The van der Waals surface area contributed by atoms with Crippen molar-refractivity contribution in [2.45, 2.75) is 39.7 Å². The quantitative estimate of drug-likeness (QED) is 0.900. The number of hydrogen-bond acceptors (Lipinski definition) is 2. The van der Waals surface area contributed by atoms with Crippen molar-refractivity contribution in [3.05, 3.63) is 34.3 Å². The molecule has 0 aliphatic carbocycles. The lowest BCUT2D eigenvalue weighted by molar-refractivity contribution is -0.148. The number of benzene rings is 1. The second-order valence-electron chi connectivity index (χ2n) is 5.89. The van der Waals surface area contributed by atoms with E-state index in [4.69, 9.17) is 11.6 Å². The molecule has 4 heteroatoms. The van der Waals surface area contributed by atoms with Gasteiger partial charge in [0, 0.05) is 18.1 Å². The van der Waals surface area contributed by atoms with Crippen molar-refractivity contribution >= 4 is 17.6 Å². The first-order valence-electron chi connectivity index (χ1n) is 7.17. The van der Waals surface area contributed by atoms with Gasteiger partial charge in [-0.05, 0) is 43.5 Å². The monoisotopic (exact) mass is 295 g/mol. The number of halogens is 1. The molecule has 110 valence electrons. The van der Waals surface area contributed by atoms with Crippen molar-refractivity contribution in [3.8, 4) is 0 Å². The molecule has 1 fully saturated rings. The van der Waals surface area contributed by atoms with Gasteiger partial charge in [0.2, 0.25) is 0 Å². The highest BCUT2D eigenvalue weighted by Crippen LogP contribution is 2.36. The fourth-order valence-electron chi connectivity index (χ4n) is 3.08. The van der Waals surface area contributed by atoms with Gasteiger partial charge in [0.05, 0.1) is 5.41 Å². The summed E-state index contributed by atoms with van der Waals surface area (Å²) in [4.78, 5) is 13.8. The van der Waals surface area contributed by atoms with Gasteiger partial charge in [-0.25, -0.2) is 0 Å². The molecule has 0 amide bonds. The fourth-order valence-corrected chi connectivity index (χ4v) is 3.37. The molecule has 20 heavy (non-hydrogen) atoms. The average Bonchev–Trinajstić information content (AvgIpc) is 2.78. The Hall–Kier alpha value is -1.06. The molecular weight excluding hydrogens is 274 g/mol. The summed E-state index contributed by atoms with van der Waals surface area (Å²) in [7, 11) is 0. The molecule has 1 N–H and O–H groups in total. The maximum absolute atomic E-state index is 11.6. The number of carbonyl (C=O) groups is 1. The second kappa shape index (κ2) is 6.15. The van der Waals surface area contributed by atoms with Gasteiger partial charge in [0.25, 0.3) is 0 Å². The highest BCUT2D eigenvalue weighted by molar-refractivity contribution is 6.31. The second-order valence-corrected chi connectivity index (χ2v) is 6.30. The average molecular weight is 296 g/mol. The molecule has 0 bridgehead atoms. The minimum absolute atomic E-state index is 0.564. The smallest absolute Gasteiger partial charge is 0.310 e. The largest absolute Gasteiger partial charge is 0.481 e. The number of aryl methyl sites for hydroxylation is 1. The summed E-state index contributed by atoms with van der Waals surface area (Å²) in [6.07, 6.45) is 2.39. The van der Waals surface area contributed by atoms with Gasteiger partial charge < -0.3 is 5.11 Å². The summed E-state index contributed by atoms with van der Waals surface area (Å²) in [6, 6.07) is 6.05. The molecule has 1 atom stereocenters. The lowest BCUT2D eigenvalue weighted by Crippen LogP contribution is -2.34. The minimum atomic E-state index is -0.656. The molecule has 0 radical (unpaired) electrons. The third-order valence-corrected chi connectivity index (χ3v) is 4.57. The van der Waals surface area contributed by atoms with E-state index in [2.05, 4.69) is 4.90 Å². The molecule has 1 aromatic carbocycles. The molecule has 1 heterocycles. The van der Waals surface area contributed by atoms with E-state index in [0.29, 0.717) is 6.54 Å². The van der Waals surface area contributed by atoms with Gasteiger partial charge >= 0.3 is 5.97 Å².